The Labute approximate surface area is 181 Å². The van der Waals surface area contributed by atoms with Gasteiger partial charge in [-0.25, -0.2) is 0 Å². The number of alkyl halides is 3. The molecule has 1 aliphatic carbocycles. The van der Waals surface area contributed by atoms with Crippen LogP contribution in [0.5, 0.6) is 0 Å². The smallest absolute Gasteiger partial charge is 0.289 e. The van der Waals surface area contributed by atoms with Crippen molar-refractivity contribution in [3.8, 4) is 0 Å². The van der Waals surface area contributed by atoms with Gasteiger partial charge in [-0.3, -0.25) is 19.3 Å². The van der Waals surface area contributed by atoms with E-state index in [1.54, 1.807) is 48.5 Å². The first-order chi connectivity index (χ1) is 15.3. The molecule has 1 heterocycles. The number of ketones is 1. The first-order valence-electron chi connectivity index (χ1n) is 10.0. The Balaban J connectivity index is 1.56. The molecule has 1 fully saturated rings. The number of hydrogen-bond donors (Lipinski definition) is 0. The fourth-order valence-electron chi connectivity index (χ4n) is 4.68. The highest BCUT2D eigenvalue weighted by atomic mass is 19.4. The van der Waals surface area contributed by atoms with Crippen LogP contribution in [0.15, 0.2) is 72.8 Å². The maximum Gasteiger partial charge on any atom is 0.416 e. The topological polar surface area (TPSA) is 54.5 Å². The molecular formula is C25H16F3NO3. The first-order valence-corrected chi connectivity index (χ1v) is 10.0. The lowest BCUT2D eigenvalue weighted by Gasteiger charge is -2.30. The fraction of sp³-hybridized carbons (Fsp3) is 0.160. The van der Waals surface area contributed by atoms with Gasteiger partial charge in [-0.15, -0.1) is 0 Å². The zero-order valence-corrected chi connectivity index (χ0v) is 16.6. The summed E-state index contributed by atoms with van der Waals surface area (Å²) in [4.78, 5) is 40.1. The van der Waals surface area contributed by atoms with E-state index in [9.17, 15) is 27.6 Å². The third kappa shape index (κ3) is 3.04. The lowest BCUT2D eigenvalue weighted by atomic mass is 9.71. The minimum atomic E-state index is -4.51. The van der Waals surface area contributed by atoms with Crippen molar-refractivity contribution in [2.45, 2.75) is 18.5 Å². The number of hydrogen-bond acceptors (Lipinski definition) is 3. The van der Waals surface area contributed by atoms with Crippen LogP contribution in [0.2, 0.25) is 0 Å². The summed E-state index contributed by atoms with van der Waals surface area (Å²) in [6.07, 6.45) is -4.61. The summed E-state index contributed by atoms with van der Waals surface area (Å²) in [6.45, 7) is 0. The molecule has 0 saturated carbocycles. The number of anilines is 1. The third-order valence-corrected chi connectivity index (χ3v) is 6.12. The maximum absolute atomic E-state index is 13.4. The van der Waals surface area contributed by atoms with E-state index in [4.69, 9.17) is 0 Å². The van der Waals surface area contributed by atoms with Crippen LogP contribution in [0.1, 0.15) is 45.0 Å². The number of amides is 2. The third-order valence-electron chi connectivity index (χ3n) is 6.12. The molecule has 0 bridgehead atoms. The molecule has 2 aliphatic rings. The van der Waals surface area contributed by atoms with Crippen molar-refractivity contribution in [3.05, 3.63) is 101 Å². The quantitative estimate of drug-likeness (QED) is 0.535. The van der Waals surface area contributed by atoms with E-state index in [0.29, 0.717) is 22.3 Å². The number of rotatable bonds is 2. The van der Waals surface area contributed by atoms with Gasteiger partial charge in [-0.2, -0.15) is 13.2 Å². The largest absolute Gasteiger partial charge is 0.416 e. The normalized spacial score (nSPS) is 18.7. The van der Waals surface area contributed by atoms with E-state index in [2.05, 4.69) is 0 Å². The molecule has 1 aliphatic heterocycles. The van der Waals surface area contributed by atoms with Gasteiger partial charge in [-0.05, 0) is 35.4 Å². The van der Waals surface area contributed by atoms with E-state index in [1.807, 2.05) is 0 Å². The number of nitrogens with zero attached hydrogens (tertiary/aromatic N) is 1. The lowest BCUT2D eigenvalue weighted by molar-refractivity contribution is -0.137. The molecule has 3 aromatic rings. The molecular weight excluding hydrogens is 419 g/mol. The number of carbonyl (C=O) groups excluding carboxylic acids is 3. The predicted molar refractivity (Wildman–Crippen MR) is 110 cm³/mol. The Bertz CT molecular complexity index is 1210. The maximum atomic E-state index is 13.4. The van der Waals surface area contributed by atoms with Gasteiger partial charge in [0.15, 0.2) is 5.78 Å². The van der Waals surface area contributed by atoms with Gasteiger partial charge in [0.05, 0.1) is 17.2 Å². The van der Waals surface area contributed by atoms with E-state index >= 15 is 0 Å². The summed E-state index contributed by atoms with van der Waals surface area (Å²) in [6, 6.07) is 18.0. The van der Waals surface area contributed by atoms with Gasteiger partial charge in [0.1, 0.15) is 0 Å². The average molecular weight is 435 g/mol. The fourth-order valence-corrected chi connectivity index (χ4v) is 4.68. The zero-order valence-electron chi connectivity index (χ0n) is 16.6. The van der Waals surface area contributed by atoms with Crippen molar-refractivity contribution in [1.29, 1.82) is 0 Å². The van der Waals surface area contributed by atoms with E-state index in [1.165, 1.54) is 0 Å². The van der Waals surface area contributed by atoms with Gasteiger partial charge < -0.3 is 0 Å². The van der Waals surface area contributed by atoms with Crippen molar-refractivity contribution in [3.63, 3.8) is 0 Å². The lowest BCUT2D eigenvalue weighted by Crippen LogP contribution is -2.33. The monoisotopic (exact) mass is 435 g/mol. The molecule has 32 heavy (non-hydrogen) atoms. The van der Waals surface area contributed by atoms with Gasteiger partial charge in [0.2, 0.25) is 11.8 Å². The summed E-state index contributed by atoms with van der Waals surface area (Å²) < 4.78 is 38.7. The minimum absolute atomic E-state index is 0.0959. The average Bonchev–Trinajstić information content (AvgIpc) is 3.07. The van der Waals surface area contributed by atoms with Gasteiger partial charge in [-0.1, -0.05) is 48.5 Å². The molecule has 1 saturated heterocycles. The molecule has 2 amide bonds. The molecule has 1 atom stereocenters. The van der Waals surface area contributed by atoms with E-state index in [0.717, 1.165) is 29.2 Å². The molecule has 0 aromatic heterocycles. The zero-order chi connectivity index (χ0) is 22.6. The van der Waals surface area contributed by atoms with Crippen molar-refractivity contribution < 1.29 is 27.6 Å². The summed E-state index contributed by atoms with van der Waals surface area (Å²) in [5.74, 6) is -2.37. The van der Waals surface area contributed by atoms with Crippen LogP contribution >= 0.6 is 0 Å². The summed E-state index contributed by atoms with van der Waals surface area (Å²) in [7, 11) is 0. The van der Waals surface area contributed by atoms with Crippen LogP contribution < -0.4 is 4.90 Å². The Morgan fingerprint density at radius 1 is 0.750 bits per heavy atom. The molecule has 0 N–H and O–H groups in total. The van der Waals surface area contributed by atoms with Crippen molar-refractivity contribution >= 4 is 23.3 Å². The molecule has 5 rings (SSSR count). The van der Waals surface area contributed by atoms with Gasteiger partial charge >= 0.3 is 6.18 Å². The van der Waals surface area contributed by atoms with Crippen molar-refractivity contribution in [1.82, 2.24) is 0 Å². The van der Waals surface area contributed by atoms with Crippen LogP contribution in [-0.2, 0) is 15.8 Å². The highest BCUT2D eigenvalue weighted by Crippen LogP contribution is 2.45. The molecule has 0 radical (unpaired) electrons. The molecule has 7 heteroatoms. The molecule has 4 nitrogen and oxygen atoms in total. The number of halogens is 3. The Kier molecular flexibility index (Phi) is 4.51. The second-order valence-electron chi connectivity index (χ2n) is 7.90. The van der Waals surface area contributed by atoms with Crippen molar-refractivity contribution in [2.24, 2.45) is 5.92 Å². The Morgan fingerprint density at radius 2 is 1.28 bits per heavy atom. The Morgan fingerprint density at radius 3 is 1.81 bits per heavy atom. The SMILES string of the molecule is O=C1c2ccccc2C([C@@H]2CC(=O)N(c3ccc(C(F)(F)F)cc3)C2=O)c2ccccc21. The first kappa shape index (κ1) is 20.2. The molecule has 0 unspecified atom stereocenters. The van der Waals surface area contributed by atoms with Crippen LogP contribution in [0, 0.1) is 5.92 Å². The minimum Gasteiger partial charge on any atom is -0.289 e. The van der Waals surface area contributed by atoms with Gasteiger partial charge in [0, 0.05) is 23.5 Å². The van der Waals surface area contributed by atoms with E-state index < -0.39 is 35.4 Å². The van der Waals surface area contributed by atoms with Crippen LogP contribution in [0.4, 0.5) is 18.9 Å². The number of fused-ring (bicyclic) bond motifs is 2. The summed E-state index contributed by atoms with van der Waals surface area (Å²) in [5.41, 5.74) is 1.58. The Hall–Kier alpha value is -3.74. The highest BCUT2D eigenvalue weighted by molar-refractivity contribution is 6.22. The van der Waals surface area contributed by atoms with Gasteiger partial charge in [0.25, 0.3) is 0 Å². The predicted octanol–water partition coefficient (Wildman–Crippen LogP) is 4.96. The van der Waals surface area contributed by atoms with Crippen molar-refractivity contribution in [2.75, 3.05) is 4.90 Å². The van der Waals surface area contributed by atoms with E-state index in [-0.39, 0.29) is 17.9 Å². The second-order valence-corrected chi connectivity index (χ2v) is 7.90. The summed E-state index contributed by atoms with van der Waals surface area (Å²) >= 11 is 0. The summed E-state index contributed by atoms with van der Waals surface area (Å²) in [5, 5.41) is 0. The number of carbonyl (C=O) groups is 3. The number of benzene rings is 3. The second kappa shape index (κ2) is 7.15. The van der Waals surface area contributed by atoms with Crippen LogP contribution in [0.3, 0.4) is 0 Å². The molecule has 0 spiro atoms. The number of imide groups is 1. The standard InChI is InChI=1S/C25H16F3NO3/c26-25(27,28)14-9-11-15(12-10-14)29-21(30)13-20(24(29)32)22-16-5-1-3-7-18(16)23(31)19-8-4-2-6-17(19)22/h1-12,20,22H,13H2/t20-/m0/s1. The molecule has 160 valence electrons. The highest BCUT2D eigenvalue weighted by Gasteiger charge is 2.47. The molecule has 3 aromatic carbocycles. The van der Waals surface area contributed by atoms with Crippen LogP contribution in [-0.4, -0.2) is 17.6 Å². The van der Waals surface area contributed by atoms with Crippen LogP contribution in [0.25, 0.3) is 0 Å².